The molecule has 1 amide bonds. The first kappa shape index (κ1) is 68.2. The molecule has 10 heteroatoms. The number of amides is 1. The van der Waals surface area contributed by atoms with Crippen molar-refractivity contribution >= 4 is 19.7 Å². The number of nitrogens with zero attached hydrogens (tertiary/aromatic N) is 1. The van der Waals surface area contributed by atoms with E-state index in [0.29, 0.717) is 17.4 Å². The molecule has 2 N–H and O–H groups in total. The maximum absolute atomic E-state index is 13.5. The number of esters is 1. The zero-order valence-corrected chi connectivity index (χ0v) is 47.6. The number of carbonyl (C=O) groups is 2. The second-order valence-corrected chi connectivity index (χ2v) is 21.9. The van der Waals surface area contributed by atoms with Crippen molar-refractivity contribution < 1.29 is 37.3 Å². The molecule has 0 aromatic rings. The zero-order valence-electron chi connectivity index (χ0n) is 46.7. The summed E-state index contributed by atoms with van der Waals surface area (Å²) in [6.07, 6.45) is 65.8. The topological polar surface area (TPSA) is 111 Å². The van der Waals surface area contributed by atoms with Crippen LogP contribution in [0.25, 0.3) is 0 Å². The molecule has 0 saturated carbocycles. The Morgan fingerprint density at radius 1 is 0.493 bits per heavy atom. The Balaban J connectivity index is 5.42. The van der Waals surface area contributed by atoms with E-state index in [9.17, 15) is 19.0 Å². The standard InChI is InChI=1S/C61H109N2O7P/c1-7-10-13-16-19-22-25-27-29-31-33-35-38-41-44-47-50-53-60(64)62-58(57-69-71(66,67)68-56-55-63(4,5)6)59(52-49-46-43-40-37-24-21-18-15-12-9-3)70-61(65)54-51-48-45-42-39-36-34-32-30-28-26-23-20-17-14-11-8-2/h19-20,22-23,27-30,33,35,41,44,49,52,58-59H,7-18,21,24-26,31-32,34,36-40,42-43,45-48,50-51,53-57H2,1-6H3,(H-,62,64,66,67)/p+1/b22-19-,23-20-,29-27-,30-28-,35-33-,44-41-,52-49+. The number of quaternary nitrogens is 1. The van der Waals surface area contributed by atoms with E-state index in [-0.39, 0.29) is 37.9 Å². The number of nitrogens with one attached hydrogen (secondary N) is 1. The molecule has 0 saturated heterocycles. The molecule has 0 radical (unpaired) electrons. The van der Waals surface area contributed by atoms with E-state index >= 15 is 0 Å². The Morgan fingerprint density at radius 3 is 1.34 bits per heavy atom. The Morgan fingerprint density at radius 2 is 0.873 bits per heavy atom. The molecule has 9 nitrogen and oxygen atoms in total. The summed E-state index contributed by atoms with van der Waals surface area (Å²) in [7, 11) is 1.45. The van der Waals surface area contributed by atoms with Crippen LogP contribution in [-0.2, 0) is 27.9 Å². The van der Waals surface area contributed by atoms with Gasteiger partial charge in [-0.15, -0.1) is 0 Å². The molecule has 3 atom stereocenters. The number of hydrogen-bond donors (Lipinski definition) is 2. The third kappa shape index (κ3) is 51.9. The van der Waals surface area contributed by atoms with Crippen LogP contribution in [0.3, 0.4) is 0 Å². The van der Waals surface area contributed by atoms with E-state index in [0.717, 1.165) is 83.5 Å². The minimum Gasteiger partial charge on any atom is -0.456 e. The van der Waals surface area contributed by atoms with Crippen LogP contribution in [0, 0.1) is 0 Å². The largest absolute Gasteiger partial charge is 0.472 e. The lowest BCUT2D eigenvalue weighted by atomic mass is 10.1. The molecule has 0 fully saturated rings. The van der Waals surface area contributed by atoms with Gasteiger partial charge in [-0.3, -0.25) is 18.6 Å². The second kappa shape index (κ2) is 50.7. The predicted octanol–water partition coefficient (Wildman–Crippen LogP) is 17.4. The molecule has 0 aromatic carbocycles. The van der Waals surface area contributed by atoms with E-state index in [1.54, 1.807) is 0 Å². The van der Waals surface area contributed by atoms with Crippen LogP contribution in [0.4, 0.5) is 0 Å². The number of likely N-dealkylation sites (N-methyl/N-ethyl adjacent to an activating group) is 1. The Labute approximate surface area is 437 Å². The number of phosphoric acid groups is 1. The highest BCUT2D eigenvalue weighted by molar-refractivity contribution is 7.47. The van der Waals surface area contributed by atoms with E-state index in [1.165, 1.54) is 116 Å². The van der Waals surface area contributed by atoms with Gasteiger partial charge in [-0.25, -0.2) is 4.57 Å². The van der Waals surface area contributed by atoms with Gasteiger partial charge in [0.2, 0.25) is 5.91 Å². The fourth-order valence-electron chi connectivity index (χ4n) is 7.78. The lowest BCUT2D eigenvalue weighted by Gasteiger charge is -2.27. The normalized spacial score (nSPS) is 14.4. The molecule has 0 spiro atoms. The molecule has 0 rings (SSSR count). The van der Waals surface area contributed by atoms with Gasteiger partial charge in [-0.1, -0.05) is 209 Å². The Hall–Kier alpha value is -2.81. The number of allylic oxidation sites excluding steroid dienone is 13. The Kier molecular flexibility index (Phi) is 48.7. The fourth-order valence-corrected chi connectivity index (χ4v) is 8.52. The van der Waals surface area contributed by atoms with Gasteiger partial charge in [0.1, 0.15) is 19.3 Å². The van der Waals surface area contributed by atoms with E-state index in [4.69, 9.17) is 13.8 Å². The highest BCUT2D eigenvalue weighted by Gasteiger charge is 2.30. The minimum atomic E-state index is -4.46. The lowest BCUT2D eigenvalue weighted by molar-refractivity contribution is -0.870. The van der Waals surface area contributed by atoms with Crippen LogP contribution in [0.2, 0.25) is 0 Å². The first-order chi connectivity index (χ1) is 34.4. The van der Waals surface area contributed by atoms with Crippen molar-refractivity contribution in [2.24, 2.45) is 0 Å². The summed E-state index contributed by atoms with van der Waals surface area (Å²) in [5.74, 6) is -0.584. The SMILES string of the molecule is CCCCC/C=C\C/C=C\C/C=C\C/C=C\CCCC(=O)NC(COP(=O)(O)OCC[N+](C)(C)C)C(/C=C/CCCCCCCCCCC)OC(=O)CCCCCCCCC/C=C\C/C=C\CCCCC. The maximum Gasteiger partial charge on any atom is 0.472 e. The van der Waals surface area contributed by atoms with Gasteiger partial charge in [-0.2, -0.15) is 0 Å². The van der Waals surface area contributed by atoms with Gasteiger partial charge in [0.25, 0.3) is 0 Å². The monoisotopic (exact) mass is 1010 g/mol. The number of phosphoric ester groups is 1. The van der Waals surface area contributed by atoms with Crippen LogP contribution < -0.4 is 5.32 Å². The summed E-state index contributed by atoms with van der Waals surface area (Å²) < 4.78 is 30.6. The van der Waals surface area contributed by atoms with Crippen molar-refractivity contribution in [2.75, 3.05) is 40.9 Å². The van der Waals surface area contributed by atoms with Crippen molar-refractivity contribution in [1.29, 1.82) is 0 Å². The summed E-state index contributed by atoms with van der Waals surface area (Å²) in [4.78, 5) is 37.5. The highest BCUT2D eigenvalue weighted by Crippen LogP contribution is 2.43. The summed E-state index contributed by atoms with van der Waals surface area (Å²) in [5.41, 5.74) is 0. The van der Waals surface area contributed by atoms with Gasteiger partial charge >= 0.3 is 13.8 Å². The van der Waals surface area contributed by atoms with Crippen molar-refractivity contribution in [2.45, 2.75) is 251 Å². The number of unbranched alkanes of at least 4 members (excludes halogenated alkanes) is 23. The van der Waals surface area contributed by atoms with Crippen LogP contribution in [0.15, 0.2) is 85.1 Å². The van der Waals surface area contributed by atoms with Crippen LogP contribution >= 0.6 is 7.82 Å². The van der Waals surface area contributed by atoms with Gasteiger partial charge in [-0.05, 0) is 102 Å². The second-order valence-electron chi connectivity index (χ2n) is 20.5. The summed E-state index contributed by atoms with van der Waals surface area (Å²) in [6, 6.07) is -0.883. The van der Waals surface area contributed by atoms with Crippen molar-refractivity contribution in [3.8, 4) is 0 Å². The van der Waals surface area contributed by atoms with Crippen molar-refractivity contribution in [1.82, 2.24) is 5.32 Å². The van der Waals surface area contributed by atoms with Crippen LogP contribution in [-0.4, -0.2) is 74.3 Å². The van der Waals surface area contributed by atoms with Crippen molar-refractivity contribution in [3.05, 3.63) is 85.1 Å². The summed E-state index contributed by atoms with van der Waals surface area (Å²) >= 11 is 0. The van der Waals surface area contributed by atoms with E-state index in [2.05, 4.69) is 99.0 Å². The average Bonchev–Trinajstić information content (AvgIpc) is 3.33. The summed E-state index contributed by atoms with van der Waals surface area (Å²) in [6.45, 7) is 6.89. The predicted molar refractivity (Wildman–Crippen MR) is 304 cm³/mol. The van der Waals surface area contributed by atoms with Crippen LogP contribution in [0.1, 0.15) is 239 Å². The highest BCUT2D eigenvalue weighted by atomic mass is 31.2. The van der Waals surface area contributed by atoms with Crippen LogP contribution in [0.5, 0.6) is 0 Å². The molecule has 0 bridgehead atoms. The lowest BCUT2D eigenvalue weighted by Crippen LogP contribution is -2.47. The van der Waals surface area contributed by atoms with Gasteiger partial charge in [0.05, 0.1) is 33.8 Å². The Bertz CT molecular complexity index is 1490. The number of carbonyl (C=O) groups excluding carboxylic acids is 2. The minimum absolute atomic E-state index is 0.0253. The molecule has 0 aliphatic rings. The molecule has 0 aliphatic carbocycles. The summed E-state index contributed by atoms with van der Waals surface area (Å²) in [5, 5.41) is 3.01. The first-order valence-electron chi connectivity index (χ1n) is 28.9. The third-order valence-corrected chi connectivity index (χ3v) is 13.3. The van der Waals surface area contributed by atoms with Gasteiger partial charge < -0.3 is 19.4 Å². The van der Waals surface area contributed by atoms with E-state index < -0.39 is 20.0 Å². The molecule has 410 valence electrons. The molecular weight excluding hydrogens is 904 g/mol. The quantitative estimate of drug-likeness (QED) is 0.0205. The number of hydrogen-bond acceptors (Lipinski definition) is 6. The maximum atomic E-state index is 13.5. The average molecular weight is 1010 g/mol. The molecule has 0 aromatic heterocycles. The van der Waals surface area contributed by atoms with E-state index in [1.807, 2.05) is 33.3 Å². The third-order valence-electron chi connectivity index (χ3n) is 12.3. The molecule has 0 aliphatic heterocycles. The van der Waals surface area contributed by atoms with Gasteiger partial charge in [0.15, 0.2) is 0 Å². The molecule has 3 unspecified atom stereocenters. The van der Waals surface area contributed by atoms with Gasteiger partial charge in [0, 0.05) is 12.8 Å². The molecule has 71 heavy (non-hydrogen) atoms. The first-order valence-corrected chi connectivity index (χ1v) is 30.4. The number of rotatable bonds is 51. The zero-order chi connectivity index (χ0) is 52.2. The molecule has 0 heterocycles. The number of ether oxygens (including phenoxy) is 1. The fraction of sp³-hybridized carbons (Fsp3) is 0.738. The molecular formula is C61H110N2O7P+. The smallest absolute Gasteiger partial charge is 0.456 e. The van der Waals surface area contributed by atoms with Crippen molar-refractivity contribution in [3.63, 3.8) is 0 Å².